The number of hydrogen-bond donors (Lipinski definition) is 1. The molecule has 0 spiro atoms. The molecule has 4 heteroatoms. The summed E-state index contributed by atoms with van der Waals surface area (Å²) in [7, 11) is 0. The molecule has 1 saturated carbocycles. The number of hydrogen-bond acceptors (Lipinski definition) is 3. The van der Waals surface area contributed by atoms with Gasteiger partial charge in [0, 0.05) is 16.5 Å². The van der Waals surface area contributed by atoms with E-state index in [1.807, 2.05) is 24.3 Å². The Hall–Kier alpha value is -1.48. The monoisotopic (exact) mass is 290 g/mol. The summed E-state index contributed by atoms with van der Waals surface area (Å²) < 4.78 is 5.55. The average Bonchev–Trinajstić information content (AvgIpc) is 2.82. The van der Waals surface area contributed by atoms with Crippen molar-refractivity contribution in [2.75, 3.05) is 5.73 Å². The van der Waals surface area contributed by atoms with E-state index in [4.69, 9.17) is 21.9 Å². The fourth-order valence-corrected chi connectivity index (χ4v) is 3.28. The molecule has 0 aliphatic heterocycles. The fourth-order valence-electron chi connectivity index (χ4n) is 3.05. The van der Waals surface area contributed by atoms with Crippen LogP contribution in [-0.4, -0.2) is 5.16 Å². The van der Waals surface area contributed by atoms with Crippen LogP contribution in [0.1, 0.15) is 44.3 Å². The Labute approximate surface area is 124 Å². The SMILES string of the molecule is CC1CCC(c2onc(N)c2-c2ccccc2Cl)CC1. The smallest absolute Gasteiger partial charge is 0.175 e. The number of anilines is 1. The van der Waals surface area contributed by atoms with E-state index in [-0.39, 0.29) is 0 Å². The number of halogens is 1. The molecule has 1 aliphatic rings. The van der Waals surface area contributed by atoms with Gasteiger partial charge in [0.15, 0.2) is 5.82 Å². The van der Waals surface area contributed by atoms with Crippen LogP contribution in [0.4, 0.5) is 5.82 Å². The van der Waals surface area contributed by atoms with Crippen molar-refractivity contribution in [1.82, 2.24) is 5.16 Å². The zero-order chi connectivity index (χ0) is 14.1. The third-order valence-electron chi connectivity index (χ3n) is 4.27. The summed E-state index contributed by atoms with van der Waals surface area (Å²) in [6.07, 6.45) is 4.72. The molecule has 2 aromatic rings. The first-order valence-electron chi connectivity index (χ1n) is 7.16. The largest absolute Gasteiger partial charge is 0.380 e. The standard InChI is InChI=1S/C16H19ClN2O/c1-10-6-8-11(9-7-10)15-14(16(18)19-20-15)12-4-2-3-5-13(12)17/h2-5,10-11H,6-9H2,1H3,(H2,18,19). The van der Waals surface area contributed by atoms with Gasteiger partial charge < -0.3 is 10.3 Å². The van der Waals surface area contributed by atoms with Gasteiger partial charge in [-0.25, -0.2) is 0 Å². The Bertz CT molecular complexity index is 600. The second kappa shape index (κ2) is 5.49. The summed E-state index contributed by atoms with van der Waals surface area (Å²) in [5, 5.41) is 4.66. The van der Waals surface area contributed by atoms with Crippen LogP contribution in [0, 0.1) is 5.92 Å². The first-order valence-corrected chi connectivity index (χ1v) is 7.54. The van der Waals surface area contributed by atoms with Crippen LogP contribution in [-0.2, 0) is 0 Å². The molecule has 1 heterocycles. The number of aromatic nitrogens is 1. The summed E-state index contributed by atoms with van der Waals surface area (Å²) in [6, 6.07) is 7.72. The van der Waals surface area contributed by atoms with Crippen LogP contribution in [0.2, 0.25) is 5.02 Å². The Morgan fingerprint density at radius 3 is 2.60 bits per heavy atom. The molecular formula is C16H19ClN2O. The molecule has 0 saturated heterocycles. The molecule has 0 radical (unpaired) electrons. The van der Waals surface area contributed by atoms with E-state index in [1.165, 1.54) is 12.8 Å². The van der Waals surface area contributed by atoms with Gasteiger partial charge in [-0.2, -0.15) is 0 Å². The lowest BCUT2D eigenvalue weighted by Gasteiger charge is -2.24. The molecule has 1 aliphatic carbocycles. The highest BCUT2D eigenvalue weighted by atomic mass is 35.5. The lowest BCUT2D eigenvalue weighted by atomic mass is 9.80. The van der Waals surface area contributed by atoms with Gasteiger partial charge >= 0.3 is 0 Å². The Morgan fingerprint density at radius 1 is 1.20 bits per heavy atom. The van der Waals surface area contributed by atoms with Gasteiger partial charge in [0.25, 0.3) is 0 Å². The summed E-state index contributed by atoms with van der Waals surface area (Å²) in [5.41, 5.74) is 7.82. The molecule has 3 nitrogen and oxygen atoms in total. The van der Waals surface area contributed by atoms with Crippen LogP contribution in [0.25, 0.3) is 11.1 Å². The molecule has 1 aromatic carbocycles. The lowest BCUT2D eigenvalue weighted by molar-refractivity contribution is 0.289. The maximum Gasteiger partial charge on any atom is 0.175 e. The van der Waals surface area contributed by atoms with Gasteiger partial charge in [0.1, 0.15) is 5.76 Å². The molecule has 3 rings (SSSR count). The molecule has 1 aromatic heterocycles. The molecule has 20 heavy (non-hydrogen) atoms. The molecule has 0 atom stereocenters. The lowest BCUT2D eigenvalue weighted by Crippen LogP contribution is -2.11. The van der Waals surface area contributed by atoms with Gasteiger partial charge in [-0.05, 0) is 24.8 Å². The first kappa shape index (κ1) is 13.5. The van der Waals surface area contributed by atoms with Gasteiger partial charge in [-0.15, -0.1) is 0 Å². The van der Waals surface area contributed by atoms with Gasteiger partial charge in [0.2, 0.25) is 0 Å². The second-order valence-corrected chi connectivity index (χ2v) is 6.15. The quantitative estimate of drug-likeness (QED) is 0.858. The maximum absolute atomic E-state index is 6.30. The molecule has 1 fully saturated rings. The van der Waals surface area contributed by atoms with E-state index < -0.39 is 0 Å². The zero-order valence-electron chi connectivity index (χ0n) is 11.6. The minimum Gasteiger partial charge on any atom is -0.380 e. The molecular weight excluding hydrogens is 272 g/mol. The molecule has 0 amide bonds. The van der Waals surface area contributed by atoms with Crippen molar-refractivity contribution >= 4 is 17.4 Å². The van der Waals surface area contributed by atoms with E-state index in [0.29, 0.717) is 16.8 Å². The van der Waals surface area contributed by atoms with E-state index in [2.05, 4.69) is 12.1 Å². The Morgan fingerprint density at radius 2 is 1.90 bits per heavy atom. The van der Waals surface area contributed by atoms with E-state index in [9.17, 15) is 0 Å². The summed E-state index contributed by atoms with van der Waals surface area (Å²) >= 11 is 6.30. The van der Waals surface area contributed by atoms with Crippen molar-refractivity contribution in [2.45, 2.75) is 38.5 Å². The number of nitrogens with two attached hydrogens (primary N) is 1. The highest BCUT2D eigenvalue weighted by molar-refractivity contribution is 6.33. The molecule has 106 valence electrons. The Kier molecular flexibility index (Phi) is 3.70. The minimum absolute atomic E-state index is 0.405. The Balaban J connectivity index is 2.00. The summed E-state index contributed by atoms with van der Waals surface area (Å²) in [6.45, 7) is 2.31. The second-order valence-electron chi connectivity index (χ2n) is 5.74. The highest BCUT2D eigenvalue weighted by Crippen LogP contribution is 2.43. The van der Waals surface area contributed by atoms with Gasteiger partial charge in [-0.1, -0.05) is 54.7 Å². The molecule has 0 unspecified atom stereocenters. The number of rotatable bonds is 2. The molecule has 0 bridgehead atoms. The number of nitrogen functional groups attached to an aromatic ring is 1. The van der Waals surface area contributed by atoms with Crippen molar-refractivity contribution in [3.63, 3.8) is 0 Å². The number of benzene rings is 1. The third-order valence-corrected chi connectivity index (χ3v) is 4.60. The summed E-state index contributed by atoms with van der Waals surface area (Å²) in [4.78, 5) is 0. The van der Waals surface area contributed by atoms with Crippen LogP contribution in [0.5, 0.6) is 0 Å². The maximum atomic E-state index is 6.30. The fraction of sp³-hybridized carbons (Fsp3) is 0.438. The van der Waals surface area contributed by atoms with E-state index >= 15 is 0 Å². The van der Waals surface area contributed by atoms with E-state index in [0.717, 1.165) is 35.6 Å². The van der Waals surface area contributed by atoms with Crippen molar-refractivity contribution in [1.29, 1.82) is 0 Å². The van der Waals surface area contributed by atoms with Crippen LogP contribution < -0.4 is 5.73 Å². The zero-order valence-corrected chi connectivity index (χ0v) is 12.4. The first-order chi connectivity index (χ1) is 9.66. The van der Waals surface area contributed by atoms with Crippen molar-refractivity contribution < 1.29 is 4.52 Å². The third kappa shape index (κ3) is 2.42. The van der Waals surface area contributed by atoms with Crippen LogP contribution >= 0.6 is 11.6 Å². The summed E-state index contributed by atoms with van der Waals surface area (Å²) in [5.74, 6) is 2.55. The normalized spacial score (nSPS) is 22.9. The van der Waals surface area contributed by atoms with Gasteiger partial charge in [0.05, 0.1) is 5.56 Å². The topological polar surface area (TPSA) is 52.0 Å². The number of nitrogens with zero attached hydrogens (tertiary/aromatic N) is 1. The van der Waals surface area contributed by atoms with Crippen molar-refractivity contribution in [3.05, 3.63) is 35.0 Å². The predicted octanol–water partition coefficient (Wildman–Crippen LogP) is 4.87. The average molecular weight is 291 g/mol. The van der Waals surface area contributed by atoms with E-state index in [1.54, 1.807) is 0 Å². The van der Waals surface area contributed by atoms with Crippen molar-refractivity contribution in [3.8, 4) is 11.1 Å². The van der Waals surface area contributed by atoms with Gasteiger partial charge in [-0.3, -0.25) is 0 Å². The van der Waals surface area contributed by atoms with Crippen LogP contribution in [0.15, 0.2) is 28.8 Å². The minimum atomic E-state index is 0.405. The predicted molar refractivity (Wildman–Crippen MR) is 81.7 cm³/mol. The highest BCUT2D eigenvalue weighted by Gasteiger charge is 2.28. The van der Waals surface area contributed by atoms with Crippen molar-refractivity contribution in [2.24, 2.45) is 5.92 Å². The van der Waals surface area contributed by atoms with Crippen LogP contribution in [0.3, 0.4) is 0 Å². The molecule has 2 N–H and O–H groups in total.